The summed E-state index contributed by atoms with van der Waals surface area (Å²) in [5, 5.41) is 0. The Kier molecular flexibility index (Phi) is 5.41. The molecule has 4 heteroatoms. The van der Waals surface area contributed by atoms with Gasteiger partial charge in [-0.05, 0) is 37.0 Å². The van der Waals surface area contributed by atoms with Crippen molar-refractivity contribution in [3.05, 3.63) is 29.8 Å². The molecule has 0 spiro atoms. The maximum absolute atomic E-state index is 11.9. The van der Waals surface area contributed by atoms with Crippen molar-refractivity contribution in [2.45, 2.75) is 32.7 Å². The van der Waals surface area contributed by atoms with Crippen LogP contribution in [0.4, 0.5) is 0 Å². The van der Waals surface area contributed by atoms with Gasteiger partial charge in [0.15, 0.2) is 0 Å². The maximum atomic E-state index is 11.9. The second-order valence-corrected chi connectivity index (χ2v) is 5.42. The largest absolute Gasteiger partial charge is 0.494 e. The van der Waals surface area contributed by atoms with Gasteiger partial charge in [-0.15, -0.1) is 0 Å². The molecule has 0 aromatic heterocycles. The minimum atomic E-state index is 0.186. The Hall–Kier alpha value is -1.55. The summed E-state index contributed by atoms with van der Waals surface area (Å²) >= 11 is 0. The van der Waals surface area contributed by atoms with E-state index in [1.54, 1.807) is 0 Å². The van der Waals surface area contributed by atoms with Crippen LogP contribution in [-0.4, -0.2) is 30.5 Å². The second kappa shape index (κ2) is 7.29. The summed E-state index contributed by atoms with van der Waals surface area (Å²) in [4.78, 5) is 13.9. The summed E-state index contributed by atoms with van der Waals surface area (Å²) in [7, 11) is 0. The monoisotopic (exact) mass is 276 g/mol. The van der Waals surface area contributed by atoms with Crippen LogP contribution in [0.3, 0.4) is 0 Å². The SMILES string of the molecule is CC1CCCN(CCCOc2cccc(CN)c2)C1=O. The summed E-state index contributed by atoms with van der Waals surface area (Å²) in [6.45, 7) is 4.86. The standard InChI is InChI=1S/C16H24N2O2/c1-13-5-3-8-18(16(13)19)9-4-10-20-15-7-2-6-14(11-15)12-17/h2,6-7,11,13H,3-5,8-10,12,17H2,1H3. The lowest BCUT2D eigenvalue weighted by molar-refractivity contribution is -0.137. The first-order valence-electron chi connectivity index (χ1n) is 7.41. The van der Waals surface area contributed by atoms with Crippen molar-refractivity contribution in [1.29, 1.82) is 0 Å². The van der Waals surface area contributed by atoms with Crippen molar-refractivity contribution < 1.29 is 9.53 Å². The molecule has 1 unspecified atom stereocenters. The van der Waals surface area contributed by atoms with Gasteiger partial charge in [-0.2, -0.15) is 0 Å². The van der Waals surface area contributed by atoms with Crippen LogP contribution in [0.15, 0.2) is 24.3 Å². The lowest BCUT2D eigenvalue weighted by Crippen LogP contribution is -2.41. The van der Waals surface area contributed by atoms with Crippen molar-refractivity contribution in [3.63, 3.8) is 0 Å². The Labute approximate surface area is 120 Å². The summed E-state index contributed by atoms with van der Waals surface area (Å²) in [5.74, 6) is 1.33. The molecule has 0 aliphatic carbocycles. The van der Waals surface area contributed by atoms with Gasteiger partial charge in [0, 0.05) is 25.6 Å². The Balaban J connectivity index is 1.72. The van der Waals surface area contributed by atoms with E-state index in [1.165, 1.54) is 0 Å². The van der Waals surface area contributed by atoms with Gasteiger partial charge in [-0.1, -0.05) is 19.1 Å². The van der Waals surface area contributed by atoms with Gasteiger partial charge in [0.25, 0.3) is 0 Å². The van der Waals surface area contributed by atoms with E-state index in [1.807, 2.05) is 36.1 Å². The molecule has 1 fully saturated rings. The molecule has 0 bridgehead atoms. The molecular weight excluding hydrogens is 252 g/mol. The predicted octanol–water partition coefficient (Wildman–Crippen LogP) is 2.17. The van der Waals surface area contributed by atoms with Gasteiger partial charge >= 0.3 is 0 Å². The molecule has 1 aromatic rings. The number of carbonyl (C=O) groups excluding carboxylic acids is 1. The molecule has 0 saturated carbocycles. The van der Waals surface area contributed by atoms with E-state index in [-0.39, 0.29) is 5.92 Å². The molecule has 2 rings (SSSR count). The van der Waals surface area contributed by atoms with E-state index in [2.05, 4.69) is 0 Å². The molecule has 1 atom stereocenters. The van der Waals surface area contributed by atoms with Crippen LogP contribution in [-0.2, 0) is 11.3 Å². The molecule has 1 heterocycles. The highest BCUT2D eigenvalue weighted by Crippen LogP contribution is 2.17. The molecule has 4 nitrogen and oxygen atoms in total. The van der Waals surface area contributed by atoms with E-state index in [0.717, 1.165) is 43.7 Å². The van der Waals surface area contributed by atoms with Crippen LogP contribution >= 0.6 is 0 Å². The molecule has 0 radical (unpaired) electrons. The number of carbonyl (C=O) groups is 1. The molecule has 1 aliphatic heterocycles. The molecule has 1 saturated heterocycles. The number of nitrogens with two attached hydrogens (primary N) is 1. The Bertz CT molecular complexity index is 448. The minimum absolute atomic E-state index is 0.186. The van der Waals surface area contributed by atoms with Crippen LogP contribution in [0.5, 0.6) is 5.75 Å². The van der Waals surface area contributed by atoms with Gasteiger partial charge in [0.05, 0.1) is 6.61 Å². The van der Waals surface area contributed by atoms with Gasteiger partial charge in [0.1, 0.15) is 5.75 Å². The zero-order chi connectivity index (χ0) is 14.4. The van der Waals surface area contributed by atoms with Crippen LogP contribution in [0.1, 0.15) is 31.7 Å². The smallest absolute Gasteiger partial charge is 0.225 e. The molecule has 1 amide bonds. The third-order valence-corrected chi connectivity index (χ3v) is 3.77. The number of hydrogen-bond acceptors (Lipinski definition) is 3. The first-order chi connectivity index (χ1) is 9.70. The van der Waals surface area contributed by atoms with Gasteiger partial charge in [-0.25, -0.2) is 0 Å². The molecule has 110 valence electrons. The van der Waals surface area contributed by atoms with Crippen LogP contribution in [0.2, 0.25) is 0 Å². The van der Waals surface area contributed by atoms with E-state index < -0.39 is 0 Å². The average molecular weight is 276 g/mol. The number of nitrogens with zero attached hydrogens (tertiary/aromatic N) is 1. The zero-order valence-corrected chi connectivity index (χ0v) is 12.2. The van der Waals surface area contributed by atoms with Gasteiger partial charge in [0.2, 0.25) is 5.91 Å². The Morgan fingerprint density at radius 3 is 3.10 bits per heavy atom. The summed E-state index contributed by atoms with van der Waals surface area (Å²) < 4.78 is 5.71. The van der Waals surface area contributed by atoms with Crippen molar-refractivity contribution in [2.75, 3.05) is 19.7 Å². The number of rotatable bonds is 6. The maximum Gasteiger partial charge on any atom is 0.225 e. The fourth-order valence-electron chi connectivity index (χ4n) is 2.56. The lowest BCUT2D eigenvalue weighted by Gasteiger charge is -2.30. The van der Waals surface area contributed by atoms with Crippen LogP contribution in [0.25, 0.3) is 0 Å². The topological polar surface area (TPSA) is 55.6 Å². The van der Waals surface area contributed by atoms with E-state index in [0.29, 0.717) is 19.1 Å². The van der Waals surface area contributed by atoms with Crippen molar-refractivity contribution in [3.8, 4) is 5.75 Å². The average Bonchev–Trinajstić information content (AvgIpc) is 2.48. The fraction of sp³-hybridized carbons (Fsp3) is 0.562. The van der Waals surface area contributed by atoms with E-state index >= 15 is 0 Å². The summed E-state index contributed by atoms with van der Waals surface area (Å²) in [6, 6.07) is 7.84. The van der Waals surface area contributed by atoms with Gasteiger partial charge in [-0.3, -0.25) is 4.79 Å². The van der Waals surface area contributed by atoms with E-state index in [9.17, 15) is 4.79 Å². The van der Waals surface area contributed by atoms with Gasteiger partial charge < -0.3 is 15.4 Å². The molecular formula is C16H24N2O2. The quantitative estimate of drug-likeness (QED) is 0.810. The highest BCUT2D eigenvalue weighted by atomic mass is 16.5. The number of hydrogen-bond donors (Lipinski definition) is 1. The lowest BCUT2D eigenvalue weighted by atomic mass is 9.99. The number of benzene rings is 1. The normalized spacial score (nSPS) is 19.2. The van der Waals surface area contributed by atoms with Crippen molar-refractivity contribution in [2.24, 2.45) is 11.7 Å². The molecule has 1 aromatic carbocycles. The number of ether oxygens (including phenoxy) is 1. The van der Waals surface area contributed by atoms with Crippen molar-refractivity contribution >= 4 is 5.91 Å². The number of piperidine rings is 1. The van der Waals surface area contributed by atoms with Crippen LogP contribution in [0, 0.1) is 5.92 Å². The zero-order valence-electron chi connectivity index (χ0n) is 12.2. The highest BCUT2D eigenvalue weighted by Gasteiger charge is 2.24. The third kappa shape index (κ3) is 3.97. The predicted molar refractivity (Wildman–Crippen MR) is 79.4 cm³/mol. The molecule has 20 heavy (non-hydrogen) atoms. The van der Waals surface area contributed by atoms with E-state index in [4.69, 9.17) is 10.5 Å². The second-order valence-electron chi connectivity index (χ2n) is 5.42. The third-order valence-electron chi connectivity index (χ3n) is 3.77. The summed E-state index contributed by atoms with van der Waals surface area (Å²) in [6.07, 6.45) is 3.01. The Morgan fingerprint density at radius 1 is 1.45 bits per heavy atom. The van der Waals surface area contributed by atoms with Crippen molar-refractivity contribution in [1.82, 2.24) is 4.90 Å². The summed E-state index contributed by atoms with van der Waals surface area (Å²) in [5.41, 5.74) is 6.67. The minimum Gasteiger partial charge on any atom is -0.494 e. The number of likely N-dealkylation sites (tertiary alicyclic amines) is 1. The fourth-order valence-corrected chi connectivity index (χ4v) is 2.56. The molecule has 2 N–H and O–H groups in total. The Morgan fingerprint density at radius 2 is 2.30 bits per heavy atom. The van der Waals surface area contributed by atoms with Crippen LogP contribution < -0.4 is 10.5 Å². The first-order valence-corrected chi connectivity index (χ1v) is 7.41. The number of amides is 1. The first kappa shape index (κ1) is 14.9. The highest BCUT2D eigenvalue weighted by molar-refractivity contribution is 5.79. The molecule has 1 aliphatic rings.